The molecule has 2 saturated heterocycles. The van der Waals surface area contributed by atoms with Crippen LogP contribution in [0.1, 0.15) is 12.8 Å². The quantitative estimate of drug-likeness (QED) is 0.594. The van der Waals surface area contributed by atoms with E-state index in [9.17, 15) is 13.2 Å². The Morgan fingerprint density at radius 1 is 1.12 bits per heavy atom. The van der Waals surface area contributed by atoms with Gasteiger partial charge in [-0.15, -0.1) is 0 Å². The molecule has 0 bridgehead atoms. The second-order valence-corrected chi connectivity index (χ2v) is 9.95. The van der Waals surface area contributed by atoms with E-state index in [4.69, 9.17) is 26.8 Å². The lowest BCUT2D eigenvalue weighted by atomic mass is 10.0. The van der Waals surface area contributed by atoms with Crippen molar-refractivity contribution in [2.45, 2.75) is 29.9 Å². The minimum absolute atomic E-state index is 0.0461. The van der Waals surface area contributed by atoms with Crippen molar-refractivity contribution in [3.05, 3.63) is 54.6 Å². The molecule has 4 rings (SSSR count). The third-order valence-corrected chi connectivity index (χ3v) is 7.00. The number of nitrogens with zero attached hydrogens (tertiary/aromatic N) is 2. The largest absolute Gasteiger partial charge is 0.490 e. The van der Waals surface area contributed by atoms with E-state index in [0.29, 0.717) is 37.0 Å². The lowest BCUT2D eigenvalue weighted by Crippen LogP contribution is -2.48. The first-order valence-corrected chi connectivity index (χ1v) is 12.6. The summed E-state index contributed by atoms with van der Waals surface area (Å²) in [4.78, 5) is 16.3. The summed E-state index contributed by atoms with van der Waals surface area (Å²) in [6.07, 6.45) is 0.950. The van der Waals surface area contributed by atoms with Crippen molar-refractivity contribution < 1.29 is 22.7 Å². The number of primary sulfonamides is 1. The number of para-hydroxylation sites is 1. The van der Waals surface area contributed by atoms with Crippen molar-refractivity contribution >= 4 is 39.1 Å². The Bertz CT molecular complexity index is 1090. The van der Waals surface area contributed by atoms with Crippen molar-refractivity contribution in [3.8, 4) is 5.75 Å². The summed E-state index contributed by atoms with van der Waals surface area (Å²) < 4.78 is 34.0. The fourth-order valence-corrected chi connectivity index (χ4v) is 4.76. The Morgan fingerprint density at radius 2 is 1.79 bits per heavy atom. The van der Waals surface area contributed by atoms with E-state index in [-0.39, 0.29) is 23.1 Å². The van der Waals surface area contributed by atoms with Crippen LogP contribution in [0.25, 0.3) is 0 Å². The number of cyclic esters (lactones) is 1. The van der Waals surface area contributed by atoms with Crippen LogP contribution in [-0.4, -0.2) is 67.8 Å². The molecule has 2 aliphatic heterocycles. The number of rotatable bonds is 6. The summed E-state index contributed by atoms with van der Waals surface area (Å²) in [6, 6.07) is 15.7. The maximum Gasteiger partial charge on any atom is 0.410 e. The van der Waals surface area contributed by atoms with Crippen molar-refractivity contribution in [2.75, 3.05) is 31.6 Å². The van der Waals surface area contributed by atoms with Gasteiger partial charge in [0.25, 0.3) is 0 Å². The van der Waals surface area contributed by atoms with E-state index in [0.717, 1.165) is 18.6 Å². The normalized spacial score (nSPS) is 19.3. The Labute approximate surface area is 198 Å². The summed E-state index contributed by atoms with van der Waals surface area (Å²) in [5.41, 5.74) is 0.680. The van der Waals surface area contributed by atoms with Gasteiger partial charge in [0.1, 0.15) is 12.4 Å². The predicted molar refractivity (Wildman–Crippen MR) is 128 cm³/mol. The van der Waals surface area contributed by atoms with E-state index >= 15 is 0 Å². The smallest absolute Gasteiger partial charge is 0.410 e. The highest BCUT2D eigenvalue weighted by atomic mass is 32.2. The number of carbonyl (C=O) groups excluding carboxylic acids is 1. The highest BCUT2D eigenvalue weighted by molar-refractivity contribution is 7.89. The van der Waals surface area contributed by atoms with Gasteiger partial charge in [0.2, 0.25) is 10.0 Å². The van der Waals surface area contributed by atoms with Gasteiger partial charge in [-0.05, 0) is 61.5 Å². The van der Waals surface area contributed by atoms with Crippen LogP contribution in [-0.2, 0) is 14.8 Å². The Kier molecular flexibility index (Phi) is 7.01. The number of thiocarbonyl (C=S) groups is 1. The van der Waals surface area contributed by atoms with Gasteiger partial charge in [0.15, 0.2) is 11.2 Å². The number of nitrogens with one attached hydrogen (secondary N) is 1. The van der Waals surface area contributed by atoms with Crippen LogP contribution in [0.4, 0.5) is 10.5 Å². The van der Waals surface area contributed by atoms with Crippen molar-refractivity contribution in [2.24, 2.45) is 5.14 Å². The van der Waals surface area contributed by atoms with Gasteiger partial charge in [-0.2, -0.15) is 0 Å². The SMILES string of the molecule is NS(=O)(=O)c1ccc(NC(=S)N2CCC(N3CC(COc4ccccc4)OC3=O)CC2)cc1. The average molecular weight is 491 g/mol. The fourth-order valence-electron chi connectivity index (χ4n) is 3.94. The van der Waals surface area contributed by atoms with Crippen LogP contribution in [0.5, 0.6) is 5.75 Å². The molecule has 0 saturated carbocycles. The number of hydrogen-bond donors (Lipinski definition) is 2. The molecule has 33 heavy (non-hydrogen) atoms. The van der Waals surface area contributed by atoms with Gasteiger partial charge in [0.05, 0.1) is 11.4 Å². The van der Waals surface area contributed by atoms with Crippen molar-refractivity contribution in [3.63, 3.8) is 0 Å². The van der Waals surface area contributed by atoms with E-state index in [1.54, 1.807) is 17.0 Å². The Hall–Kier alpha value is -2.89. The van der Waals surface area contributed by atoms with Crippen LogP contribution < -0.4 is 15.2 Å². The van der Waals surface area contributed by atoms with Crippen LogP contribution in [0.2, 0.25) is 0 Å². The molecule has 0 aliphatic carbocycles. The second-order valence-electron chi connectivity index (χ2n) is 8.00. The minimum atomic E-state index is -3.73. The number of amides is 1. The highest BCUT2D eigenvalue weighted by Crippen LogP contribution is 2.24. The molecule has 2 aromatic rings. The molecule has 2 aliphatic rings. The summed E-state index contributed by atoms with van der Waals surface area (Å²) in [7, 11) is -3.73. The number of nitrogens with two attached hydrogens (primary N) is 1. The number of anilines is 1. The molecule has 1 amide bonds. The van der Waals surface area contributed by atoms with Gasteiger partial charge in [-0.25, -0.2) is 18.4 Å². The molecule has 9 nitrogen and oxygen atoms in total. The van der Waals surface area contributed by atoms with Crippen molar-refractivity contribution in [1.82, 2.24) is 9.80 Å². The van der Waals surface area contributed by atoms with Gasteiger partial charge in [-0.1, -0.05) is 18.2 Å². The topological polar surface area (TPSA) is 114 Å². The van der Waals surface area contributed by atoms with Crippen LogP contribution in [0.15, 0.2) is 59.5 Å². The first-order valence-electron chi connectivity index (χ1n) is 10.6. The van der Waals surface area contributed by atoms with Crippen LogP contribution in [0.3, 0.4) is 0 Å². The van der Waals surface area contributed by atoms with Gasteiger partial charge < -0.3 is 24.6 Å². The maximum absolute atomic E-state index is 12.4. The average Bonchev–Trinajstić information content (AvgIpc) is 3.18. The number of ether oxygens (including phenoxy) is 2. The molecular weight excluding hydrogens is 464 g/mol. The number of sulfonamides is 1. The zero-order valence-corrected chi connectivity index (χ0v) is 19.6. The molecule has 0 aromatic heterocycles. The Morgan fingerprint density at radius 3 is 2.42 bits per heavy atom. The fraction of sp³-hybridized carbons (Fsp3) is 0.364. The predicted octanol–water partition coefficient (Wildman–Crippen LogP) is 2.39. The first kappa shape index (κ1) is 23.3. The summed E-state index contributed by atoms with van der Waals surface area (Å²) >= 11 is 5.51. The molecule has 2 aromatic carbocycles. The molecular formula is C22H26N4O5S2. The van der Waals surface area contributed by atoms with E-state index in [1.165, 1.54) is 12.1 Å². The summed E-state index contributed by atoms with van der Waals surface area (Å²) in [5.74, 6) is 0.751. The maximum atomic E-state index is 12.4. The van der Waals surface area contributed by atoms with E-state index in [2.05, 4.69) is 5.32 Å². The molecule has 0 radical (unpaired) electrons. The summed E-state index contributed by atoms with van der Waals surface area (Å²) in [5, 5.41) is 8.80. The van der Waals surface area contributed by atoms with Crippen molar-refractivity contribution in [1.29, 1.82) is 0 Å². The zero-order valence-electron chi connectivity index (χ0n) is 17.9. The number of hydrogen-bond acceptors (Lipinski definition) is 6. The van der Waals surface area contributed by atoms with Gasteiger partial charge in [0, 0.05) is 24.8 Å². The number of carbonyl (C=O) groups is 1. The van der Waals surface area contributed by atoms with Crippen LogP contribution in [0, 0.1) is 0 Å². The Balaban J connectivity index is 1.24. The minimum Gasteiger partial charge on any atom is -0.490 e. The first-order chi connectivity index (χ1) is 15.8. The third kappa shape index (κ3) is 5.92. The molecule has 1 atom stereocenters. The van der Waals surface area contributed by atoms with Gasteiger partial charge in [-0.3, -0.25) is 0 Å². The lowest BCUT2D eigenvalue weighted by molar-refractivity contribution is 0.0997. The summed E-state index contributed by atoms with van der Waals surface area (Å²) in [6.45, 7) is 2.22. The number of piperidine rings is 1. The molecule has 11 heteroatoms. The third-order valence-electron chi connectivity index (χ3n) is 5.71. The lowest BCUT2D eigenvalue weighted by Gasteiger charge is -2.36. The van der Waals surface area contributed by atoms with Crippen LogP contribution >= 0.6 is 12.2 Å². The molecule has 176 valence electrons. The molecule has 2 heterocycles. The van der Waals surface area contributed by atoms with Gasteiger partial charge >= 0.3 is 6.09 Å². The van der Waals surface area contributed by atoms with E-state index in [1.807, 2.05) is 35.2 Å². The number of likely N-dealkylation sites (tertiary alicyclic amines) is 1. The standard InChI is InChI=1S/C22H26N4O5S2/c23-33(28,29)20-8-6-16(7-9-20)24-21(32)25-12-10-17(11-13-25)26-14-19(31-22(26)27)15-30-18-4-2-1-3-5-18/h1-9,17,19H,10-15H2,(H,24,32)(H2,23,28,29). The second kappa shape index (κ2) is 9.94. The molecule has 1 unspecified atom stereocenters. The zero-order chi connectivity index (χ0) is 23.4. The van der Waals surface area contributed by atoms with E-state index < -0.39 is 10.0 Å². The molecule has 2 fully saturated rings. The molecule has 0 spiro atoms. The monoisotopic (exact) mass is 490 g/mol. The number of benzene rings is 2. The molecule has 3 N–H and O–H groups in total. The highest BCUT2D eigenvalue weighted by Gasteiger charge is 2.38.